The Hall–Kier alpha value is -3.06. The Morgan fingerprint density at radius 2 is 1.73 bits per heavy atom. The molecule has 4 nitrogen and oxygen atoms in total. The van der Waals surface area contributed by atoms with Gasteiger partial charge in [0.05, 0.1) is 6.04 Å². The molecule has 1 amide bonds. The Balaban J connectivity index is 1.94. The SMILES string of the molecule is CCc1ccc(C(C)NC(=O)/C(C#N)=C\NCc2ccc(C)cc2)cc1. The van der Waals surface area contributed by atoms with Gasteiger partial charge < -0.3 is 10.6 Å². The van der Waals surface area contributed by atoms with Crippen LogP contribution in [0.3, 0.4) is 0 Å². The molecule has 4 heteroatoms. The molecule has 2 aromatic carbocycles. The fourth-order valence-electron chi connectivity index (χ4n) is 2.53. The summed E-state index contributed by atoms with van der Waals surface area (Å²) in [6.07, 6.45) is 2.46. The lowest BCUT2D eigenvalue weighted by atomic mass is 10.0. The topological polar surface area (TPSA) is 64.9 Å². The van der Waals surface area contributed by atoms with E-state index in [0.29, 0.717) is 6.54 Å². The standard InChI is InChI=1S/C22H25N3O/c1-4-18-9-11-20(12-10-18)17(3)25-22(26)21(13-23)15-24-14-19-7-5-16(2)6-8-19/h5-12,15,17,24H,4,14H2,1-3H3,(H,25,26)/b21-15-. The second-order valence-electron chi connectivity index (χ2n) is 6.33. The Morgan fingerprint density at radius 1 is 1.12 bits per heavy atom. The van der Waals surface area contributed by atoms with Crippen LogP contribution in [-0.4, -0.2) is 5.91 Å². The summed E-state index contributed by atoms with van der Waals surface area (Å²) >= 11 is 0. The zero-order valence-electron chi connectivity index (χ0n) is 15.5. The number of nitrogens with zero attached hydrogens (tertiary/aromatic N) is 1. The van der Waals surface area contributed by atoms with Crippen molar-refractivity contribution < 1.29 is 4.79 Å². The van der Waals surface area contributed by atoms with Crippen LogP contribution in [0.15, 0.2) is 60.3 Å². The van der Waals surface area contributed by atoms with Crippen molar-refractivity contribution in [2.24, 2.45) is 0 Å². The van der Waals surface area contributed by atoms with Gasteiger partial charge in [-0.25, -0.2) is 0 Å². The van der Waals surface area contributed by atoms with E-state index < -0.39 is 0 Å². The third-order valence-corrected chi connectivity index (χ3v) is 4.27. The smallest absolute Gasteiger partial charge is 0.263 e. The quantitative estimate of drug-likeness (QED) is 0.589. The van der Waals surface area contributed by atoms with E-state index in [2.05, 4.69) is 29.7 Å². The highest BCUT2D eigenvalue weighted by Gasteiger charge is 2.13. The van der Waals surface area contributed by atoms with Crippen molar-refractivity contribution in [3.8, 4) is 6.07 Å². The van der Waals surface area contributed by atoms with Gasteiger partial charge in [0.1, 0.15) is 11.6 Å². The van der Waals surface area contributed by atoms with Crippen LogP contribution in [0.5, 0.6) is 0 Å². The number of benzene rings is 2. The van der Waals surface area contributed by atoms with Crippen LogP contribution in [0.4, 0.5) is 0 Å². The number of rotatable bonds is 7. The molecule has 1 unspecified atom stereocenters. The first-order valence-electron chi connectivity index (χ1n) is 8.82. The summed E-state index contributed by atoms with van der Waals surface area (Å²) < 4.78 is 0. The Labute approximate surface area is 155 Å². The monoisotopic (exact) mass is 347 g/mol. The Morgan fingerprint density at radius 3 is 2.31 bits per heavy atom. The number of carbonyl (C=O) groups excluding carboxylic acids is 1. The van der Waals surface area contributed by atoms with Gasteiger partial charge in [-0.05, 0) is 37.0 Å². The highest BCUT2D eigenvalue weighted by molar-refractivity contribution is 5.97. The predicted octanol–water partition coefficient (Wildman–Crippen LogP) is 3.93. The lowest BCUT2D eigenvalue weighted by molar-refractivity contribution is -0.117. The number of carbonyl (C=O) groups is 1. The molecule has 0 fully saturated rings. The van der Waals surface area contributed by atoms with Crippen LogP contribution >= 0.6 is 0 Å². The van der Waals surface area contributed by atoms with Crippen LogP contribution in [0.1, 0.15) is 42.1 Å². The molecule has 0 spiro atoms. The lowest BCUT2D eigenvalue weighted by Gasteiger charge is -2.14. The van der Waals surface area contributed by atoms with Crippen LogP contribution in [0.2, 0.25) is 0 Å². The van der Waals surface area contributed by atoms with Crippen molar-refractivity contribution in [1.82, 2.24) is 10.6 Å². The molecular weight excluding hydrogens is 322 g/mol. The molecule has 0 aliphatic heterocycles. The summed E-state index contributed by atoms with van der Waals surface area (Å²) in [6.45, 7) is 6.61. The van der Waals surface area contributed by atoms with Crippen LogP contribution in [0.25, 0.3) is 0 Å². The van der Waals surface area contributed by atoms with E-state index in [4.69, 9.17) is 0 Å². The molecule has 2 aromatic rings. The van der Waals surface area contributed by atoms with E-state index in [1.165, 1.54) is 17.3 Å². The predicted molar refractivity (Wildman–Crippen MR) is 104 cm³/mol. The van der Waals surface area contributed by atoms with E-state index in [0.717, 1.165) is 17.5 Å². The van der Waals surface area contributed by atoms with E-state index in [1.54, 1.807) is 0 Å². The lowest BCUT2D eigenvalue weighted by Crippen LogP contribution is -2.28. The largest absolute Gasteiger partial charge is 0.386 e. The third-order valence-electron chi connectivity index (χ3n) is 4.27. The first kappa shape index (κ1) is 19.3. The molecule has 0 aliphatic rings. The zero-order chi connectivity index (χ0) is 18.9. The zero-order valence-corrected chi connectivity index (χ0v) is 15.5. The highest BCUT2D eigenvalue weighted by Crippen LogP contribution is 2.14. The van der Waals surface area contributed by atoms with Gasteiger partial charge in [0.2, 0.25) is 0 Å². The average molecular weight is 347 g/mol. The highest BCUT2D eigenvalue weighted by atomic mass is 16.1. The average Bonchev–Trinajstić information content (AvgIpc) is 2.66. The molecule has 2 N–H and O–H groups in total. The number of hydrogen-bond donors (Lipinski definition) is 2. The third kappa shape index (κ3) is 5.49. The van der Waals surface area contributed by atoms with Crippen molar-refractivity contribution in [1.29, 1.82) is 5.26 Å². The summed E-state index contributed by atoms with van der Waals surface area (Å²) in [6, 6.07) is 18.0. The minimum Gasteiger partial charge on any atom is -0.386 e. The van der Waals surface area contributed by atoms with Crippen molar-refractivity contribution in [2.45, 2.75) is 39.8 Å². The van der Waals surface area contributed by atoms with Crippen molar-refractivity contribution in [3.05, 3.63) is 82.6 Å². The molecule has 0 saturated heterocycles. The molecule has 0 bridgehead atoms. The first-order chi connectivity index (χ1) is 12.5. The number of nitrogens with one attached hydrogen (secondary N) is 2. The van der Waals surface area contributed by atoms with Crippen molar-refractivity contribution in [3.63, 3.8) is 0 Å². The van der Waals surface area contributed by atoms with Crippen LogP contribution in [-0.2, 0) is 17.8 Å². The van der Waals surface area contributed by atoms with E-state index in [-0.39, 0.29) is 17.5 Å². The second-order valence-corrected chi connectivity index (χ2v) is 6.33. The summed E-state index contributed by atoms with van der Waals surface area (Å²) in [5.74, 6) is -0.379. The Kier molecular flexibility index (Phi) is 6.99. The fraction of sp³-hybridized carbons (Fsp3) is 0.273. The van der Waals surface area contributed by atoms with Gasteiger partial charge in [-0.2, -0.15) is 5.26 Å². The molecule has 1 atom stereocenters. The van der Waals surface area contributed by atoms with Gasteiger partial charge in [0, 0.05) is 12.7 Å². The summed E-state index contributed by atoms with van der Waals surface area (Å²) in [4.78, 5) is 12.3. The molecule has 0 aromatic heterocycles. The minimum absolute atomic E-state index is 0.0640. The maximum absolute atomic E-state index is 12.3. The molecule has 0 saturated carbocycles. The van der Waals surface area contributed by atoms with Crippen LogP contribution < -0.4 is 10.6 Å². The molecule has 2 rings (SSSR count). The maximum Gasteiger partial charge on any atom is 0.263 e. The van der Waals surface area contributed by atoms with Crippen molar-refractivity contribution in [2.75, 3.05) is 0 Å². The van der Waals surface area contributed by atoms with E-state index in [9.17, 15) is 10.1 Å². The van der Waals surface area contributed by atoms with Gasteiger partial charge in [-0.15, -0.1) is 0 Å². The minimum atomic E-state index is -0.379. The molecular formula is C22H25N3O. The summed E-state index contributed by atoms with van der Waals surface area (Å²) in [5.41, 5.74) is 4.62. The Bertz CT molecular complexity index is 799. The fourth-order valence-corrected chi connectivity index (χ4v) is 2.53. The van der Waals surface area contributed by atoms with Crippen LogP contribution in [0, 0.1) is 18.3 Å². The van der Waals surface area contributed by atoms with E-state index >= 15 is 0 Å². The second kappa shape index (κ2) is 9.43. The number of hydrogen-bond acceptors (Lipinski definition) is 3. The van der Waals surface area contributed by atoms with Gasteiger partial charge in [-0.3, -0.25) is 4.79 Å². The summed E-state index contributed by atoms with van der Waals surface area (Å²) in [7, 11) is 0. The molecule has 134 valence electrons. The van der Waals surface area contributed by atoms with Gasteiger partial charge in [0.15, 0.2) is 0 Å². The van der Waals surface area contributed by atoms with Gasteiger partial charge in [0.25, 0.3) is 5.91 Å². The summed E-state index contributed by atoms with van der Waals surface area (Å²) in [5, 5.41) is 15.2. The molecule has 0 aliphatic carbocycles. The van der Waals surface area contributed by atoms with Gasteiger partial charge >= 0.3 is 0 Å². The molecule has 0 heterocycles. The van der Waals surface area contributed by atoms with E-state index in [1.807, 2.05) is 56.3 Å². The first-order valence-corrected chi connectivity index (χ1v) is 8.82. The number of amides is 1. The number of aryl methyl sites for hydroxylation is 2. The molecule has 0 radical (unpaired) electrons. The van der Waals surface area contributed by atoms with Crippen molar-refractivity contribution >= 4 is 5.91 Å². The maximum atomic E-state index is 12.3. The normalized spacial score (nSPS) is 12.2. The van der Waals surface area contributed by atoms with Gasteiger partial charge in [-0.1, -0.05) is 61.0 Å². The number of nitriles is 1. The molecule has 26 heavy (non-hydrogen) atoms.